The highest BCUT2D eigenvalue weighted by atomic mass is 32.2. The summed E-state index contributed by atoms with van der Waals surface area (Å²) in [5.41, 5.74) is 0.0340. The molecular formula is C12H20N2O5S. The van der Waals surface area contributed by atoms with Gasteiger partial charge in [-0.3, -0.25) is 4.79 Å². The molecule has 0 spiro atoms. The molecule has 2 unspecified atom stereocenters. The predicted octanol–water partition coefficient (Wildman–Crippen LogP) is 0.0682. The molecule has 1 heterocycles. The van der Waals surface area contributed by atoms with Crippen molar-refractivity contribution in [1.29, 1.82) is 0 Å². The molecule has 0 aromatic heterocycles. The van der Waals surface area contributed by atoms with Crippen LogP contribution in [0.2, 0.25) is 0 Å². The fraction of sp³-hybridized carbons (Fsp3) is 0.833. The standard InChI is InChI=1S/C12H20N2O5S/c1-12(2)5-9(12)13-11(17)14(6-10(15)16)8-3-4-20(18,19)7-8/h8-9H,3-7H2,1-2H3,(H,13,17)(H,15,16). The minimum Gasteiger partial charge on any atom is -0.480 e. The van der Waals surface area contributed by atoms with Gasteiger partial charge in [0.2, 0.25) is 0 Å². The maximum absolute atomic E-state index is 12.2. The highest BCUT2D eigenvalue weighted by molar-refractivity contribution is 7.91. The summed E-state index contributed by atoms with van der Waals surface area (Å²) in [5, 5.41) is 11.7. The number of carbonyl (C=O) groups excluding carboxylic acids is 1. The van der Waals surface area contributed by atoms with Crippen LogP contribution in [0.1, 0.15) is 26.7 Å². The second-order valence-corrected chi connectivity index (χ2v) is 8.50. The highest BCUT2D eigenvalue weighted by Crippen LogP contribution is 2.44. The molecule has 20 heavy (non-hydrogen) atoms. The topological polar surface area (TPSA) is 104 Å². The Bertz CT molecular complexity index is 528. The monoisotopic (exact) mass is 304 g/mol. The summed E-state index contributed by atoms with van der Waals surface area (Å²) in [6, 6.07) is -0.993. The van der Waals surface area contributed by atoms with E-state index >= 15 is 0 Å². The second kappa shape index (κ2) is 4.91. The van der Waals surface area contributed by atoms with Crippen molar-refractivity contribution in [2.24, 2.45) is 5.41 Å². The van der Waals surface area contributed by atoms with E-state index in [1.54, 1.807) is 0 Å². The quantitative estimate of drug-likeness (QED) is 0.765. The zero-order chi connectivity index (χ0) is 15.1. The molecule has 0 aromatic rings. The number of hydrogen-bond acceptors (Lipinski definition) is 4. The Morgan fingerprint density at radius 2 is 2.00 bits per heavy atom. The van der Waals surface area contributed by atoms with Gasteiger partial charge in [0.05, 0.1) is 11.5 Å². The lowest BCUT2D eigenvalue weighted by Crippen LogP contribution is -2.50. The number of carbonyl (C=O) groups is 2. The van der Waals surface area contributed by atoms with E-state index in [2.05, 4.69) is 5.32 Å². The number of sulfone groups is 1. The Morgan fingerprint density at radius 1 is 1.40 bits per heavy atom. The van der Waals surface area contributed by atoms with Crippen LogP contribution in [0.4, 0.5) is 4.79 Å². The van der Waals surface area contributed by atoms with Crippen molar-refractivity contribution in [3.05, 3.63) is 0 Å². The van der Waals surface area contributed by atoms with Gasteiger partial charge in [-0.05, 0) is 18.3 Å². The Labute approximate surface area is 118 Å². The van der Waals surface area contributed by atoms with Crippen LogP contribution in [0.25, 0.3) is 0 Å². The number of nitrogens with zero attached hydrogens (tertiary/aromatic N) is 1. The molecule has 7 nitrogen and oxygen atoms in total. The lowest BCUT2D eigenvalue weighted by atomic mass is 10.2. The highest BCUT2D eigenvalue weighted by Gasteiger charge is 2.48. The molecule has 2 amide bonds. The van der Waals surface area contributed by atoms with Crippen molar-refractivity contribution >= 4 is 21.8 Å². The zero-order valence-electron chi connectivity index (χ0n) is 11.6. The van der Waals surface area contributed by atoms with Crippen molar-refractivity contribution in [2.75, 3.05) is 18.1 Å². The van der Waals surface area contributed by atoms with Gasteiger partial charge in [0, 0.05) is 12.1 Å². The van der Waals surface area contributed by atoms with E-state index in [4.69, 9.17) is 5.11 Å². The molecular weight excluding hydrogens is 284 g/mol. The molecule has 2 aliphatic rings. The van der Waals surface area contributed by atoms with Crippen LogP contribution in [0.5, 0.6) is 0 Å². The number of amides is 2. The van der Waals surface area contributed by atoms with Crippen molar-refractivity contribution in [3.8, 4) is 0 Å². The first-order valence-electron chi connectivity index (χ1n) is 6.60. The second-order valence-electron chi connectivity index (χ2n) is 6.27. The van der Waals surface area contributed by atoms with E-state index in [1.165, 1.54) is 0 Å². The summed E-state index contributed by atoms with van der Waals surface area (Å²) in [4.78, 5) is 24.2. The zero-order valence-corrected chi connectivity index (χ0v) is 12.4. The minimum absolute atomic E-state index is 0.00991. The van der Waals surface area contributed by atoms with Gasteiger partial charge < -0.3 is 15.3 Å². The third kappa shape index (κ3) is 3.41. The van der Waals surface area contributed by atoms with Crippen LogP contribution < -0.4 is 5.32 Å². The van der Waals surface area contributed by atoms with Gasteiger partial charge >= 0.3 is 12.0 Å². The first kappa shape index (κ1) is 15.1. The summed E-state index contributed by atoms with van der Waals surface area (Å²) in [7, 11) is -3.16. The predicted molar refractivity (Wildman–Crippen MR) is 72.1 cm³/mol. The Hall–Kier alpha value is -1.31. The molecule has 1 aliphatic carbocycles. The van der Waals surface area contributed by atoms with E-state index < -0.39 is 34.4 Å². The molecule has 2 fully saturated rings. The number of urea groups is 1. The largest absolute Gasteiger partial charge is 0.480 e. The number of nitrogens with one attached hydrogen (secondary N) is 1. The normalized spacial score (nSPS) is 29.7. The molecule has 1 aliphatic heterocycles. The van der Waals surface area contributed by atoms with Crippen LogP contribution in [0.3, 0.4) is 0 Å². The van der Waals surface area contributed by atoms with Crippen molar-refractivity contribution in [3.63, 3.8) is 0 Å². The van der Waals surface area contributed by atoms with Crippen molar-refractivity contribution in [1.82, 2.24) is 10.2 Å². The van der Waals surface area contributed by atoms with E-state index in [9.17, 15) is 18.0 Å². The molecule has 1 saturated carbocycles. The maximum atomic E-state index is 12.2. The molecule has 0 aromatic carbocycles. The van der Waals surface area contributed by atoms with Gasteiger partial charge in [0.25, 0.3) is 0 Å². The van der Waals surface area contributed by atoms with E-state index in [1.807, 2.05) is 13.8 Å². The van der Waals surface area contributed by atoms with Gasteiger partial charge in [-0.15, -0.1) is 0 Å². The Morgan fingerprint density at radius 3 is 2.40 bits per heavy atom. The van der Waals surface area contributed by atoms with Gasteiger partial charge in [-0.25, -0.2) is 13.2 Å². The molecule has 114 valence electrons. The van der Waals surface area contributed by atoms with Gasteiger partial charge in [-0.2, -0.15) is 0 Å². The van der Waals surface area contributed by atoms with E-state index in [-0.39, 0.29) is 23.0 Å². The third-order valence-electron chi connectivity index (χ3n) is 4.03. The van der Waals surface area contributed by atoms with E-state index in [0.717, 1.165) is 11.3 Å². The summed E-state index contributed by atoms with van der Waals surface area (Å²) in [6.07, 6.45) is 1.15. The van der Waals surface area contributed by atoms with Crippen molar-refractivity contribution < 1.29 is 23.1 Å². The summed E-state index contributed by atoms with van der Waals surface area (Å²) >= 11 is 0. The first-order chi connectivity index (χ1) is 9.11. The Balaban J connectivity index is 2.04. The molecule has 1 saturated heterocycles. The van der Waals surface area contributed by atoms with Crippen LogP contribution in [0.15, 0.2) is 0 Å². The van der Waals surface area contributed by atoms with E-state index in [0.29, 0.717) is 6.42 Å². The molecule has 0 radical (unpaired) electrons. The fourth-order valence-corrected chi connectivity index (χ4v) is 4.21. The summed E-state index contributed by atoms with van der Waals surface area (Å²) in [6.45, 7) is 3.55. The fourth-order valence-electron chi connectivity index (χ4n) is 2.48. The summed E-state index contributed by atoms with van der Waals surface area (Å²) < 4.78 is 23.0. The number of aliphatic carboxylic acids is 1. The van der Waals surface area contributed by atoms with Crippen LogP contribution in [0, 0.1) is 5.41 Å². The van der Waals surface area contributed by atoms with Crippen LogP contribution in [-0.4, -0.2) is 60.6 Å². The van der Waals surface area contributed by atoms with Crippen LogP contribution >= 0.6 is 0 Å². The smallest absolute Gasteiger partial charge is 0.323 e. The average molecular weight is 304 g/mol. The van der Waals surface area contributed by atoms with Gasteiger partial charge in [0.1, 0.15) is 6.54 Å². The molecule has 2 N–H and O–H groups in total. The number of carboxylic acids is 1. The van der Waals surface area contributed by atoms with Gasteiger partial charge in [-0.1, -0.05) is 13.8 Å². The SMILES string of the molecule is CC1(C)CC1NC(=O)N(CC(=O)O)C1CCS(=O)(=O)C1. The minimum atomic E-state index is -3.16. The molecule has 8 heteroatoms. The molecule has 2 atom stereocenters. The van der Waals surface area contributed by atoms with Gasteiger partial charge in [0.15, 0.2) is 9.84 Å². The third-order valence-corrected chi connectivity index (χ3v) is 5.78. The maximum Gasteiger partial charge on any atom is 0.323 e. The number of hydrogen-bond donors (Lipinski definition) is 2. The molecule has 2 rings (SSSR count). The first-order valence-corrected chi connectivity index (χ1v) is 8.42. The van der Waals surface area contributed by atoms with Crippen LogP contribution in [-0.2, 0) is 14.6 Å². The number of carboxylic acid groups (broad SMARTS) is 1. The lowest BCUT2D eigenvalue weighted by Gasteiger charge is -2.27. The Kier molecular flexibility index (Phi) is 3.70. The van der Waals surface area contributed by atoms with Crippen molar-refractivity contribution in [2.45, 2.75) is 38.8 Å². The summed E-state index contributed by atoms with van der Waals surface area (Å²) in [5.74, 6) is -1.28. The lowest BCUT2D eigenvalue weighted by molar-refractivity contribution is -0.138. The molecule has 0 bridgehead atoms. The average Bonchev–Trinajstić information content (AvgIpc) is 2.71. The number of rotatable bonds is 4.